The molecule has 18 heavy (non-hydrogen) atoms. The van der Waals surface area contributed by atoms with Crippen LogP contribution < -0.4 is 10.1 Å². The van der Waals surface area contributed by atoms with E-state index in [1.54, 1.807) is 7.11 Å². The number of amides is 1. The molecule has 0 atom stereocenters. The predicted molar refractivity (Wildman–Crippen MR) is 70.8 cm³/mol. The van der Waals surface area contributed by atoms with E-state index in [-0.39, 0.29) is 5.91 Å². The number of hydrogen-bond acceptors (Lipinski definition) is 3. The smallest absolute Gasteiger partial charge is 0.227 e. The van der Waals surface area contributed by atoms with Gasteiger partial charge < -0.3 is 15.0 Å². The van der Waals surface area contributed by atoms with Gasteiger partial charge in [-0.25, -0.2) is 0 Å². The van der Waals surface area contributed by atoms with E-state index in [1.807, 2.05) is 29.2 Å². The highest BCUT2D eigenvalue weighted by molar-refractivity contribution is 5.78. The molecule has 0 aromatic heterocycles. The Morgan fingerprint density at radius 2 is 2.06 bits per heavy atom. The summed E-state index contributed by atoms with van der Waals surface area (Å²) < 4.78 is 5.10. The van der Waals surface area contributed by atoms with Crippen molar-refractivity contribution in [2.75, 3.05) is 33.3 Å². The summed E-state index contributed by atoms with van der Waals surface area (Å²) in [6.07, 6.45) is 1.51. The summed E-state index contributed by atoms with van der Waals surface area (Å²) in [4.78, 5) is 14.1. The Labute approximate surface area is 108 Å². The SMILES string of the molecule is COc1ccc(CC(=O)N2CCCNCC2)cc1. The van der Waals surface area contributed by atoms with Crippen LogP contribution in [0.1, 0.15) is 12.0 Å². The molecule has 4 heteroatoms. The monoisotopic (exact) mass is 248 g/mol. The van der Waals surface area contributed by atoms with E-state index in [9.17, 15) is 4.79 Å². The van der Waals surface area contributed by atoms with Crippen LogP contribution in [0.4, 0.5) is 0 Å². The first-order chi connectivity index (χ1) is 8.79. The molecule has 0 spiro atoms. The third-order valence-corrected chi connectivity index (χ3v) is 3.21. The van der Waals surface area contributed by atoms with E-state index in [4.69, 9.17) is 4.74 Å². The summed E-state index contributed by atoms with van der Waals surface area (Å²) in [5, 5.41) is 3.30. The molecule has 0 bridgehead atoms. The first-order valence-electron chi connectivity index (χ1n) is 6.41. The van der Waals surface area contributed by atoms with Gasteiger partial charge in [0, 0.05) is 19.6 Å². The summed E-state index contributed by atoms with van der Waals surface area (Å²) in [6, 6.07) is 7.69. The zero-order valence-electron chi connectivity index (χ0n) is 10.8. The second-order valence-electron chi connectivity index (χ2n) is 4.51. The van der Waals surface area contributed by atoms with E-state index in [0.717, 1.165) is 43.9 Å². The van der Waals surface area contributed by atoms with E-state index in [1.165, 1.54) is 0 Å². The molecule has 1 fully saturated rings. The Hall–Kier alpha value is -1.55. The average molecular weight is 248 g/mol. The highest BCUT2D eigenvalue weighted by atomic mass is 16.5. The molecule has 1 aliphatic rings. The number of nitrogens with one attached hydrogen (secondary N) is 1. The van der Waals surface area contributed by atoms with Crippen molar-refractivity contribution < 1.29 is 9.53 Å². The molecule has 1 aromatic rings. The third-order valence-electron chi connectivity index (χ3n) is 3.21. The molecular weight excluding hydrogens is 228 g/mol. The molecule has 0 unspecified atom stereocenters. The number of methoxy groups -OCH3 is 1. The maximum atomic E-state index is 12.1. The van der Waals surface area contributed by atoms with Gasteiger partial charge in [0.05, 0.1) is 13.5 Å². The Bertz CT molecular complexity index is 381. The summed E-state index contributed by atoms with van der Waals surface area (Å²) in [5.41, 5.74) is 1.04. The normalized spacial score (nSPS) is 16.2. The molecule has 98 valence electrons. The lowest BCUT2D eigenvalue weighted by Crippen LogP contribution is -2.35. The molecule has 1 heterocycles. The summed E-state index contributed by atoms with van der Waals surface area (Å²) in [7, 11) is 1.64. The maximum Gasteiger partial charge on any atom is 0.227 e. The first kappa shape index (κ1) is 12.9. The largest absolute Gasteiger partial charge is 0.497 e. The van der Waals surface area contributed by atoms with Crippen molar-refractivity contribution in [2.45, 2.75) is 12.8 Å². The second kappa shape index (κ2) is 6.40. The van der Waals surface area contributed by atoms with Gasteiger partial charge in [-0.15, -0.1) is 0 Å². The van der Waals surface area contributed by atoms with Crippen molar-refractivity contribution in [3.8, 4) is 5.75 Å². The van der Waals surface area contributed by atoms with Crippen molar-refractivity contribution in [2.24, 2.45) is 0 Å². The quantitative estimate of drug-likeness (QED) is 0.869. The highest BCUT2D eigenvalue weighted by Gasteiger charge is 2.15. The van der Waals surface area contributed by atoms with Crippen LogP contribution in [-0.4, -0.2) is 44.1 Å². The molecule has 1 aliphatic heterocycles. The molecule has 1 amide bonds. The maximum absolute atomic E-state index is 12.1. The van der Waals surface area contributed by atoms with E-state index < -0.39 is 0 Å². The highest BCUT2D eigenvalue weighted by Crippen LogP contribution is 2.12. The molecule has 1 N–H and O–H groups in total. The molecular formula is C14H20N2O2. The van der Waals surface area contributed by atoms with Crippen LogP contribution in [0.2, 0.25) is 0 Å². The Morgan fingerprint density at radius 1 is 1.28 bits per heavy atom. The first-order valence-corrected chi connectivity index (χ1v) is 6.41. The van der Waals surface area contributed by atoms with Gasteiger partial charge in [0.15, 0.2) is 0 Å². The Balaban J connectivity index is 1.92. The molecule has 4 nitrogen and oxygen atoms in total. The Morgan fingerprint density at radius 3 is 2.78 bits per heavy atom. The number of ether oxygens (including phenoxy) is 1. The summed E-state index contributed by atoms with van der Waals surface area (Å²) in [6.45, 7) is 3.58. The van der Waals surface area contributed by atoms with Gasteiger partial charge in [-0.05, 0) is 30.7 Å². The number of carbonyl (C=O) groups excluding carboxylic acids is 1. The van der Waals surface area contributed by atoms with Crippen LogP contribution in [0.3, 0.4) is 0 Å². The van der Waals surface area contributed by atoms with E-state index in [0.29, 0.717) is 6.42 Å². The minimum absolute atomic E-state index is 0.212. The fraction of sp³-hybridized carbons (Fsp3) is 0.500. The van der Waals surface area contributed by atoms with Gasteiger partial charge in [0.25, 0.3) is 0 Å². The molecule has 2 rings (SSSR count). The van der Waals surface area contributed by atoms with E-state index in [2.05, 4.69) is 5.32 Å². The zero-order chi connectivity index (χ0) is 12.8. The lowest BCUT2D eigenvalue weighted by atomic mass is 10.1. The fourth-order valence-electron chi connectivity index (χ4n) is 2.12. The topological polar surface area (TPSA) is 41.6 Å². The number of benzene rings is 1. The van der Waals surface area contributed by atoms with Crippen LogP contribution in [0, 0.1) is 0 Å². The minimum atomic E-state index is 0.212. The lowest BCUT2D eigenvalue weighted by molar-refractivity contribution is -0.130. The van der Waals surface area contributed by atoms with Crippen molar-refractivity contribution in [1.82, 2.24) is 10.2 Å². The molecule has 0 saturated carbocycles. The standard InChI is InChI=1S/C14H20N2O2/c1-18-13-5-3-12(4-6-13)11-14(17)16-9-2-7-15-8-10-16/h3-6,15H,2,7-11H2,1H3. The van der Waals surface area contributed by atoms with Crippen LogP contribution >= 0.6 is 0 Å². The molecule has 1 aromatic carbocycles. The van der Waals surface area contributed by atoms with Crippen molar-refractivity contribution in [3.63, 3.8) is 0 Å². The number of rotatable bonds is 3. The number of nitrogens with zero attached hydrogens (tertiary/aromatic N) is 1. The predicted octanol–water partition coefficient (Wildman–Crippen LogP) is 1.06. The molecule has 1 saturated heterocycles. The van der Waals surface area contributed by atoms with Gasteiger partial charge in [-0.3, -0.25) is 4.79 Å². The number of carbonyl (C=O) groups is 1. The van der Waals surface area contributed by atoms with Crippen molar-refractivity contribution >= 4 is 5.91 Å². The summed E-state index contributed by atoms with van der Waals surface area (Å²) >= 11 is 0. The van der Waals surface area contributed by atoms with Gasteiger partial charge in [0.2, 0.25) is 5.91 Å². The van der Waals surface area contributed by atoms with Crippen LogP contribution in [-0.2, 0) is 11.2 Å². The average Bonchev–Trinajstić information content (AvgIpc) is 2.68. The van der Waals surface area contributed by atoms with Crippen LogP contribution in [0.15, 0.2) is 24.3 Å². The van der Waals surface area contributed by atoms with E-state index >= 15 is 0 Å². The second-order valence-corrected chi connectivity index (χ2v) is 4.51. The van der Waals surface area contributed by atoms with Gasteiger partial charge in [-0.1, -0.05) is 12.1 Å². The van der Waals surface area contributed by atoms with Gasteiger partial charge >= 0.3 is 0 Å². The lowest BCUT2D eigenvalue weighted by Gasteiger charge is -2.19. The van der Waals surface area contributed by atoms with Gasteiger partial charge in [-0.2, -0.15) is 0 Å². The van der Waals surface area contributed by atoms with Crippen LogP contribution in [0.5, 0.6) is 5.75 Å². The van der Waals surface area contributed by atoms with Crippen molar-refractivity contribution in [1.29, 1.82) is 0 Å². The minimum Gasteiger partial charge on any atom is -0.497 e. The van der Waals surface area contributed by atoms with Crippen molar-refractivity contribution in [3.05, 3.63) is 29.8 Å². The fourth-order valence-corrected chi connectivity index (χ4v) is 2.12. The van der Waals surface area contributed by atoms with Gasteiger partial charge in [0.1, 0.15) is 5.75 Å². The Kier molecular flexibility index (Phi) is 4.59. The zero-order valence-corrected chi connectivity index (χ0v) is 10.8. The molecule has 0 radical (unpaired) electrons. The molecule has 0 aliphatic carbocycles. The third kappa shape index (κ3) is 3.47. The number of hydrogen-bond donors (Lipinski definition) is 1. The van der Waals surface area contributed by atoms with Crippen LogP contribution in [0.25, 0.3) is 0 Å². The summed E-state index contributed by atoms with van der Waals surface area (Å²) in [5.74, 6) is 1.04.